The van der Waals surface area contributed by atoms with Gasteiger partial charge in [0.05, 0.1) is 37.8 Å². The molecular formula is C60H88N2O6. The molecule has 8 nitrogen and oxygen atoms in total. The third-order valence-corrected chi connectivity index (χ3v) is 13.5. The van der Waals surface area contributed by atoms with Crippen LogP contribution in [0.4, 0.5) is 11.4 Å². The van der Waals surface area contributed by atoms with Crippen LogP contribution in [0.25, 0.3) is 0 Å². The number of hydrogen-bond acceptors (Lipinski definition) is 8. The van der Waals surface area contributed by atoms with Gasteiger partial charge in [-0.25, -0.2) is 0 Å². The van der Waals surface area contributed by atoms with E-state index < -0.39 is 0 Å². The quantitative estimate of drug-likeness (QED) is 0.0440. The zero-order valence-electron chi connectivity index (χ0n) is 42.9. The van der Waals surface area contributed by atoms with Crippen LogP contribution in [0.2, 0.25) is 0 Å². The minimum Gasteiger partial charge on any atom is -0.494 e. The second-order valence-electron chi connectivity index (χ2n) is 19.2. The number of ether oxygens (including phenoxy) is 4. The summed E-state index contributed by atoms with van der Waals surface area (Å²) in [6.45, 7) is 11.5. The van der Waals surface area contributed by atoms with E-state index in [0.717, 1.165) is 98.2 Å². The first-order valence-corrected chi connectivity index (χ1v) is 27.4. The van der Waals surface area contributed by atoms with Gasteiger partial charge in [0.25, 0.3) is 0 Å². The number of rotatable bonds is 36. The van der Waals surface area contributed by atoms with Gasteiger partial charge in [0.2, 0.25) is 0 Å². The van der Waals surface area contributed by atoms with E-state index in [-0.39, 0.29) is 11.6 Å². The summed E-state index contributed by atoms with van der Waals surface area (Å²) in [5.41, 5.74) is 6.43. The van der Waals surface area contributed by atoms with Gasteiger partial charge in [-0.1, -0.05) is 168 Å². The van der Waals surface area contributed by atoms with Crippen LogP contribution < -0.4 is 29.6 Å². The number of aryl methyl sites for hydroxylation is 2. The van der Waals surface area contributed by atoms with Crippen molar-refractivity contribution in [1.29, 1.82) is 0 Å². The van der Waals surface area contributed by atoms with Crippen LogP contribution in [0.1, 0.15) is 226 Å². The van der Waals surface area contributed by atoms with Crippen molar-refractivity contribution in [3.63, 3.8) is 0 Å². The first-order chi connectivity index (χ1) is 33.4. The molecule has 0 radical (unpaired) electrons. The normalized spacial score (nSPS) is 14.5. The predicted octanol–water partition coefficient (Wildman–Crippen LogP) is 16.9. The van der Waals surface area contributed by atoms with Crippen molar-refractivity contribution >= 4 is 22.9 Å². The standard InChI is InChI=1S/C60H88N2O6/c1-5-9-13-17-21-25-37-65-51-35-33-47-29-31-49(59(63)53(47)41-51)45-61-55-43-57(67-39-27-23-19-15-11-7-3)58(68-40-28-24-20-16-12-8-4)44-56(55)62-46-50-32-30-48-34-36-52(42-54(48)60(50)64)66-38-26-22-18-14-10-6-2/h33-36,41-46,61-62H,5-32,37-40H2,1-4H3/b49-45-,50-46+. The molecule has 0 atom stereocenters. The van der Waals surface area contributed by atoms with E-state index in [9.17, 15) is 9.59 Å². The van der Waals surface area contributed by atoms with Crippen LogP contribution in [-0.2, 0) is 12.8 Å². The fourth-order valence-corrected chi connectivity index (χ4v) is 9.16. The van der Waals surface area contributed by atoms with Crippen LogP contribution in [-0.4, -0.2) is 38.0 Å². The summed E-state index contributed by atoms with van der Waals surface area (Å²) in [7, 11) is 0. The highest BCUT2D eigenvalue weighted by atomic mass is 16.5. The molecule has 3 aromatic rings. The maximum atomic E-state index is 14.1. The van der Waals surface area contributed by atoms with Crippen molar-refractivity contribution in [2.45, 2.75) is 207 Å². The lowest BCUT2D eigenvalue weighted by atomic mass is 9.87. The summed E-state index contributed by atoms with van der Waals surface area (Å²) in [6.07, 6.45) is 35.0. The molecule has 0 fully saturated rings. The third-order valence-electron chi connectivity index (χ3n) is 13.5. The molecule has 2 aliphatic rings. The summed E-state index contributed by atoms with van der Waals surface area (Å²) < 4.78 is 25.3. The van der Waals surface area contributed by atoms with Crippen LogP contribution >= 0.6 is 0 Å². The molecule has 2 aliphatic carbocycles. The van der Waals surface area contributed by atoms with E-state index in [1.165, 1.54) is 103 Å². The largest absolute Gasteiger partial charge is 0.494 e. The van der Waals surface area contributed by atoms with Gasteiger partial charge in [0.1, 0.15) is 11.5 Å². The van der Waals surface area contributed by atoms with Gasteiger partial charge >= 0.3 is 0 Å². The van der Waals surface area contributed by atoms with E-state index in [4.69, 9.17) is 18.9 Å². The molecular weight excluding hydrogens is 845 g/mol. The van der Waals surface area contributed by atoms with Gasteiger partial charge in [-0.05, 0) is 86.8 Å². The average molecular weight is 933 g/mol. The number of hydrogen-bond donors (Lipinski definition) is 2. The number of anilines is 2. The molecule has 0 saturated carbocycles. The Balaban J connectivity index is 1.36. The molecule has 0 aromatic heterocycles. The number of carbonyl (C=O) groups is 2. The molecule has 8 heteroatoms. The van der Waals surface area contributed by atoms with E-state index in [0.29, 0.717) is 73.0 Å². The molecule has 3 aromatic carbocycles. The van der Waals surface area contributed by atoms with E-state index in [1.807, 2.05) is 48.8 Å². The highest BCUT2D eigenvalue weighted by molar-refractivity contribution is 6.12. The summed E-state index contributed by atoms with van der Waals surface area (Å²) in [6, 6.07) is 15.9. The van der Waals surface area contributed by atoms with E-state index >= 15 is 0 Å². The lowest BCUT2D eigenvalue weighted by molar-refractivity contribution is 0.101. The molecule has 0 unspecified atom stereocenters. The first kappa shape index (κ1) is 54.2. The SMILES string of the molecule is CCCCCCCCOc1ccc2c(c1)C(=O)/C(=C\Nc1cc(OCCCCCCCC)c(OCCCCCCCC)cc1N/C=C1\CCc3ccc(OCCCCCCCC)cc3C1=O)CC2. The predicted molar refractivity (Wildman–Crippen MR) is 284 cm³/mol. The summed E-state index contributed by atoms with van der Waals surface area (Å²) in [4.78, 5) is 28.2. The molecule has 0 saturated heterocycles. The maximum Gasteiger partial charge on any atom is 0.190 e. The second-order valence-corrected chi connectivity index (χ2v) is 19.2. The smallest absolute Gasteiger partial charge is 0.190 e. The topological polar surface area (TPSA) is 95.1 Å². The summed E-state index contributed by atoms with van der Waals surface area (Å²) in [5, 5.41) is 7.05. The number of unbranched alkanes of at least 4 members (excludes halogenated alkanes) is 20. The molecule has 0 spiro atoms. The minimum absolute atomic E-state index is 0.0145. The highest BCUT2D eigenvalue weighted by Gasteiger charge is 2.25. The third kappa shape index (κ3) is 18.6. The van der Waals surface area contributed by atoms with Crippen molar-refractivity contribution in [2.24, 2.45) is 0 Å². The number of fused-ring (bicyclic) bond motifs is 2. The molecule has 0 bridgehead atoms. The Bertz CT molecular complexity index is 1880. The number of allylic oxidation sites excluding steroid dienone is 2. The Morgan fingerprint density at radius 2 is 0.721 bits per heavy atom. The number of nitrogens with one attached hydrogen (secondary N) is 2. The van der Waals surface area contributed by atoms with Crippen molar-refractivity contribution < 1.29 is 28.5 Å². The fourth-order valence-electron chi connectivity index (χ4n) is 9.16. The van der Waals surface area contributed by atoms with Crippen molar-refractivity contribution in [3.8, 4) is 23.0 Å². The second kappa shape index (κ2) is 32.2. The lowest BCUT2D eigenvalue weighted by Gasteiger charge is -2.21. The number of Topliss-reactive ketones (excluding diaryl/α,β-unsaturated/α-hetero) is 2. The Labute approximate surface area is 411 Å². The number of benzene rings is 3. The van der Waals surface area contributed by atoms with Gasteiger partial charge in [0, 0.05) is 46.8 Å². The molecule has 0 heterocycles. The van der Waals surface area contributed by atoms with Crippen LogP contribution in [0, 0.1) is 0 Å². The Morgan fingerprint density at radius 1 is 0.397 bits per heavy atom. The first-order valence-electron chi connectivity index (χ1n) is 27.4. The highest BCUT2D eigenvalue weighted by Crippen LogP contribution is 2.39. The lowest BCUT2D eigenvalue weighted by Crippen LogP contribution is -2.16. The van der Waals surface area contributed by atoms with Crippen LogP contribution in [0.5, 0.6) is 23.0 Å². The zero-order chi connectivity index (χ0) is 48.0. The summed E-state index contributed by atoms with van der Waals surface area (Å²) >= 11 is 0. The molecule has 2 N–H and O–H groups in total. The van der Waals surface area contributed by atoms with Crippen molar-refractivity contribution in [1.82, 2.24) is 0 Å². The van der Waals surface area contributed by atoms with E-state index in [1.54, 1.807) is 0 Å². The van der Waals surface area contributed by atoms with Gasteiger partial charge in [-0.3, -0.25) is 9.59 Å². The van der Waals surface area contributed by atoms with Crippen LogP contribution in [0.3, 0.4) is 0 Å². The van der Waals surface area contributed by atoms with Gasteiger partial charge < -0.3 is 29.6 Å². The van der Waals surface area contributed by atoms with Gasteiger partial charge in [-0.15, -0.1) is 0 Å². The maximum absolute atomic E-state index is 14.1. The Hall–Kier alpha value is -4.72. The monoisotopic (exact) mass is 933 g/mol. The number of ketones is 2. The van der Waals surface area contributed by atoms with E-state index in [2.05, 4.69) is 50.5 Å². The van der Waals surface area contributed by atoms with Crippen molar-refractivity contribution in [3.05, 3.63) is 94.3 Å². The molecule has 374 valence electrons. The minimum atomic E-state index is 0.0145. The Kier molecular flexibility index (Phi) is 25.6. The molecule has 68 heavy (non-hydrogen) atoms. The van der Waals surface area contributed by atoms with Crippen LogP contribution in [0.15, 0.2) is 72.1 Å². The summed E-state index contributed by atoms with van der Waals surface area (Å²) in [5.74, 6) is 2.88. The molecule has 0 amide bonds. The fraction of sp³-hybridized carbons (Fsp3) is 0.600. The van der Waals surface area contributed by atoms with Gasteiger partial charge in [-0.2, -0.15) is 0 Å². The Morgan fingerprint density at radius 3 is 1.07 bits per heavy atom. The molecule has 0 aliphatic heterocycles. The number of carbonyl (C=O) groups excluding carboxylic acids is 2. The van der Waals surface area contributed by atoms with Gasteiger partial charge in [0.15, 0.2) is 23.1 Å². The zero-order valence-corrected chi connectivity index (χ0v) is 42.9. The molecule has 5 rings (SSSR count). The average Bonchev–Trinajstić information content (AvgIpc) is 3.35. The van der Waals surface area contributed by atoms with Crippen molar-refractivity contribution in [2.75, 3.05) is 37.1 Å².